The Morgan fingerprint density at radius 2 is 1.71 bits per heavy atom. The third-order valence-corrected chi connectivity index (χ3v) is 7.31. The SMILES string of the molecule is COc1ccc([C@H](CC(=O)Nc2cccc(F)c2CC[C@@H]2CN[C@H](COC(=O)NCC(F)(F)F)CO2)c2ccc(F)cc2)cc1. The van der Waals surface area contributed by atoms with Crippen molar-refractivity contribution >= 4 is 17.7 Å². The van der Waals surface area contributed by atoms with Gasteiger partial charge in [0, 0.05) is 30.1 Å². The summed E-state index contributed by atoms with van der Waals surface area (Å²) in [5, 5.41) is 7.58. The van der Waals surface area contributed by atoms with Gasteiger partial charge < -0.3 is 30.2 Å². The van der Waals surface area contributed by atoms with Gasteiger partial charge in [-0.1, -0.05) is 30.3 Å². The van der Waals surface area contributed by atoms with E-state index in [1.165, 1.54) is 24.3 Å². The van der Waals surface area contributed by atoms with Gasteiger partial charge in [0.2, 0.25) is 5.91 Å². The molecule has 3 N–H and O–H groups in total. The van der Waals surface area contributed by atoms with Gasteiger partial charge in [-0.3, -0.25) is 4.79 Å². The standard InChI is InChI=1S/C32H34F5N3O5/c1-43-24-11-7-21(8-12-24)27(20-5-9-22(33)10-6-20)15-30(41)40-29-4-2-3-28(34)26(29)14-13-25-16-38-23(17-44-25)18-45-31(42)39-19-32(35,36)37/h2-12,23,25,27,38H,13-19H2,1H3,(H,39,42)(H,40,41)/t23-,25+,27+/m0/s1. The van der Waals surface area contributed by atoms with Crippen LogP contribution in [0.1, 0.15) is 35.4 Å². The van der Waals surface area contributed by atoms with E-state index in [1.54, 1.807) is 42.8 Å². The van der Waals surface area contributed by atoms with Crippen LogP contribution in [-0.4, -0.2) is 63.7 Å². The molecular formula is C32H34F5N3O5. The zero-order chi connectivity index (χ0) is 32.4. The van der Waals surface area contributed by atoms with Crippen LogP contribution in [0.3, 0.4) is 0 Å². The largest absolute Gasteiger partial charge is 0.497 e. The second kappa shape index (κ2) is 15.7. The molecule has 242 valence electrons. The van der Waals surface area contributed by atoms with E-state index in [2.05, 4.69) is 10.6 Å². The summed E-state index contributed by atoms with van der Waals surface area (Å²) < 4.78 is 81.1. The number of methoxy groups -OCH3 is 1. The molecule has 0 spiro atoms. The van der Waals surface area contributed by atoms with Crippen LogP contribution < -0.4 is 20.7 Å². The third kappa shape index (κ3) is 10.4. The molecular weight excluding hydrogens is 601 g/mol. The maximum Gasteiger partial charge on any atom is 0.407 e. The fraction of sp³-hybridized carbons (Fsp3) is 0.375. The lowest BCUT2D eigenvalue weighted by Gasteiger charge is -2.30. The van der Waals surface area contributed by atoms with Gasteiger partial charge in [-0.25, -0.2) is 13.6 Å². The van der Waals surface area contributed by atoms with Crippen molar-refractivity contribution in [1.82, 2.24) is 10.6 Å². The maximum absolute atomic E-state index is 15.0. The lowest BCUT2D eigenvalue weighted by Crippen LogP contribution is -2.49. The van der Waals surface area contributed by atoms with Crippen molar-refractivity contribution in [2.75, 3.05) is 38.7 Å². The van der Waals surface area contributed by atoms with Gasteiger partial charge in [0.25, 0.3) is 0 Å². The van der Waals surface area contributed by atoms with Gasteiger partial charge in [-0.05, 0) is 60.4 Å². The number of nitrogens with one attached hydrogen (secondary N) is 3. The Bertz CT molecular complexity index is 1410. The molecule has 3 atom stereocenters. The van der Waals surface area contributed by atoms with E-state index in [9.17, 15) is 31.5 Å². The number of alkyl halides is 3. The Morgan fingerprint density at radius 3 is 2.33 bits per heavy atom. The van der Waals surface area contributed by atoms with E-state index in [0.717, 1.165) is 11.1 Å². The third-order valence-electron chi connectivity index (χ3n) is 7.31. The number of benzene rings is 3. The van der Waals surface area contributed by atoms with Crippen LogP contribution in [0.2, 0.25) is 0 Å². The first-order chi connectivity index (χ1) is 21.5. The minimum Gasteiger partial charge on any atom is -0.497 e. The van der Waals surface area contributed by atoms with Crippen molar-refractivity contribution in [2.45, 2.75) is 43.5 Å². The molecule has 45 heavy (non-hydrogen) atoms. The molecule has 1 aliphatic heterocycles. The van der Waals surface area contributed by atoms with Crippen LogP contribution in [0.5, 0.6) is 5.75 Å². The normalized spacial score (nSPS) is 17.3. The highest BCUT2D eigenvalue weighted by Gasteiger charge is 2.29. The zero-order valence-corrected chi connectivity index (χ0v) is 24.5. The van der Waals surface area contributed by atoms with Gasteiger partial charge in [-0.2, -0.15) is 13.2 Å². The van der Waals surface area contributed by atoms with Crippen molar-refractivity contribution in [3.63, 3.8) is 0 Å². The molecule has 13 heteroatoms. The van der Waals surface area contributed by atoms with E-state index in [-0.39, 0.29) is 38.1 Å². The molecule has 3 aromatic carbocycles. The number of carbonyl (C=O) groups excluding carboxylic acids is 2. The molecule has 2 amide bonds. The number of amides is 2. The van der Waals surface area contributed by atoms with Crippen LogP contribution in [-0.2, 0) is 20.7 Å². The lowest BCUT2D eigenvalue weighted by atomic mass is 9.88. The molecule has 3 aromatic rings. The molecule has 1 heterocycles. The van der Waals surface area contributed by atoms with E-state index < -0.39 is 42.4 Å². The summed E-state index contributed by atoms with van der Waals surface area (Å²) in [7, 11) is 1.55. The summed E-state index contributed by atoms with van der Waals surface area (Å²) in [5.74, 6) is -0.987. The molecule has 0 unspecified atom stereocenters. The molecule has 0 aliphatic carbocycles. The highest BCUT2D eigenvalue weighted by atomic mass is 19.4. The predicted molar refractivity (Wildman–Crippen MR) is 156 cm³/mol. The maximum atomic E-state index is 15.0. The van der Waals surface area contributed by atoms with Gasteiger partial charge in [0.15, 0.2) is 0 Å². The van der Waals surface area contributed by atoms with Crippen molar-refractivity contribution in [1.29, 1.82) is 0 Å². The Kier molecular flexibility index (Phi) is 11.7. The topological polar surface area (TPSA) is 97.9 Å². The number of rotatable bonds is 12. The molecule has 1 saturated heterocycles. The summed E-state index contributed by atoms with van der Waals surface area (Å²) in [4.78, 5) is 24.8. The number of hydrogen-bond acceptors (Lipinski definition) is 6. The zero-order valence-electron chi connectivity index (χ0n) is 24.5. The van der Waals surface area contributed by atoms with Crippen LogP contribution in [0.15, 0.2) is 66.7 Å². The van der Waals surface area contributed by atoms with Gasteiger partial charge in [0.1, 0.15) is 30.5 Å². The van der Waals surface area contributed by atoms with Gasteiger partial charge in [-0.15, -0.1) is 0 Å². The van der Waals surface area contributed by atoms with E-state index in [4.69, 9.17) is 14.2 Å². The Balaban J connectivity index is 1.33. The molecule has 8 nitrogen and oxygen atoms in total. The van der Waals surface area contributed by atoms with E-state index in [1.807, 2.05) is 12.1 Å². The van der Waals surface area contributed by atoms with Crippen molar-refractivity contribution in [3.8, 4) is 5.75 Å². The predicted octanol–water partition coefficient (Wildman–Crippen LogP) is 5.71. The van der Waals surface area contributed by atoms with Crippen LogP contribution in [0, 0.1) is 11.6 Å². The number of hydrogen-bond donors (Lipinski definition) is 3. The van der Waals surface area contributed by atoms with Gasteiger partial charge >= 0.3 is 12.3 Å². The average Bonchev–Trinajstić information content (AvgIpc) is 3.02. The minimum atomic E-state index is -4.54. The van der Waals surface area contributed by atoms with Crippen LogP contribution in [0.25, 0.3) is 0 Å². The molecule has 0 radical (unpaired) electrons. The Labute approximate surface area is 257 Å². The summed E-state index contributed by atoms with van der Waals surface area (Å²) in [6.45, 7) is -1.20. The first-order valence-corrected chi connectivity index (χ1v) is 14.3. The number of carbonyl (C=O) groups is 2. The smallest absolute Gasteiger partial charge is 0.407 e. The Morgan fingerprint density at radius 1 is 1.02 bits per heavy atom. The number of halogens is 5. The highest BCUT2D eigenvalue weighted by molar-refractivity contribution is 5.92. The van der Waals surface area contributed by atoms with E-state index >= 15 is 0 Å². The van der Waals surface area contributed by atoms with E-state index in [0.29, 0.717) is 30.0 Å². The monoisotopic (exact) mass is 635 g/mol. The summed E-state index contributed by atoms with van der Waals surface area (Å²) in [5.41, 5.74) is 2.20. The van der Waals surface area contributed by atoms with Crippen LogP contribution >= 0.6 is 0 Å². The minimum absolute atomic E-state index is 0.0151. The molecule has 4 rings (SSSR count). The molecule has 1 fully saturated rings. The molecule has 0 saturated carbocycles. The van der Waals surface area contributed by atoms with Gasteiger partial charge in [0.05, 0.1) is 25.9 Å². The molecule has 0 bridgehead atoms. The Hall–Kier alpha value is -4.23. The number of anilines is 1. The van der Waals surface area contributed by atoms with Crippen molar-refractivity contribution in [3.05, 3.63) is 95.1 Å². The highest BCUT2D eigenvalue weighted by Crippen LogP contribution is 2.31. The van der Waals surface area contributed by atoms with Crippen molar-refractivity contribution < 1.29 is 45.8 Å². The number of morpholine rings is 1. The summed E-state index contributed by atoms with van der Waals surface area (Å²) in [6, 6.07) is 17.2. The first kappa shape index (κ1) is 33.7. The summed E-state index contributed by atoms with van der Waals surface area (Å²) >= 11 is 0. The average molecular weight is 636 g/mol. The number of alkyl carbamates (subject to hydrolysis) is 1. The summed E-state index contributed by atoms with van der Waals surface area (Å²) in [6.07, 6.45) is -5.37. The van der Waals surface area contributed by atoms with Crippen molar-refractivity contribution in [2.24, 2.45) is 0 Å². The quantitative estimate of drug-likeness (QED) is 0.221. The second-order valence-corrected chi connectivity index (χ2v) is 10.6. The fourth-order valence-corrected chi connectivity index (χ4v) is 4.94. The molecule has 1 aliphatic rings. The van der Waals surface area contributed by atoms with Crippen LogP contribution in [0.4, 0.5) is 32.4 Å². The fourth-order valence-electron chi connectivity index (χ4n) is 4.94. The number of ether oxygens (including phenoxy) is 3. The first-order valence-electron chi connectivity index (χ1n) is 14.3. The lowest BCUT2D eigenvalue weighted by molar-refractivity contribution is -0.124. The molecule has 0 aromatic heterocycles. The second-order valence-electron chi connectivity index (χ2n) is 10.6.